The van der Waals surface area contributed by atoms with E-state index in [-0.39, 0.29) is 0 Å². The largest absolute Gasteiger partial charge is 0.468 e. The van der Waals surface area contributed by atoms with Gasteiger partial charge < -0.3 is 9.73 Å². The molecule has 1 fully saturated rings. The van der Waals surface area contributed by atoms with Gasteiger partial charge in [-0.25, -0.2) is 0 Å². The molecular formula is C15H26N2O. The number of hydrogen-bond donors (Lipinski definition) is 1. The predicted octanol–water partition coefficient (Wildman–Crippen LogP) is 3.15. The lowest BCUT2D eigenvalue weighted by atomic mass is 10.1. The van der Waals surface area contributed by atoms with Crippen molar-refractivity contribution in [2.75, 3.05) is 13.1 Å². The van der Waals surface area contributed by atoms with E-state index in [9.17, 15) is 0 Å². The molecule has 1 N–H and O–H groups in total. The highest BCUT2D eigenvalue weighted by atomic mass is 16.3. The first-order valence-electron chi connectivity index (χ1n) is 7.35. The number of hydrogen-bond acceptors (Lipinski definition) is 3. The van der Waals surface area contributed by atoms with Crippen molar-refractivity contribution in [1.82, 2.24) is 10.2 Å². The van der Waals surface area contributed by atoms with E-state index in [1.54, 1.807) is 0 Å². The van der Waals surface area contributed by atoms with Gasteiger partial charge in [0.25, 0.3) is 0 Å². The van der Waals surface area contributed by atoms with Crippen molar-refractivity contribution in [3.05, 3.63) is 23.7 Å². The smallest absolute Gasteiger partial charge is 0.122 e. The Morgan fingerprint density at radius 2 is 2.33 bits per heavy atom. The van der Waals surface area contributed by atoms with Gasteiger partial charge >= 0.3 is 0 Å². The summed E-state index contributed by atoms with van der Waals surface area (Å²) in [5.74, 6) is 1.12. The maximum atomic E-state index is 5.60. The monoisotopic (exact) mass is 250 g/mol. The van der Waals surface area contributed by atoms with Gasteiger partial charge in [0, 0.05) is 18.2 Å². The van der Waals surface area contributed by atoms with E-state index in [1.807, 2.05) is 6.26 Å². The number of likely N-dealkylation sites (tertiary alicyclic amines) is 1. The maximum Gasteiger partial charge on any atom is 0.122 e. The van der Waals surface area contributed by atoms with E-state index in [4.69, 9.17) is 4.42 Å². The Hall–Kier alpha value is -0.800. The Bertz CT molecular complexity index is 348. The first kappa shape index (κ1) is 13.6. The average Bonchev–Trinajstić information content (AvgIpc) is 3.00. The molecule has 1 unspecified atom stereocenters. The van der Waals surface area contributed by atoms with Crippen LogP contribution in [-0.4, -0.2) is 24.0 Å². The van der Waals surface area contributed by atoms with Gasteiger partial charge in [-0.05, 0) is 44.8 Å². The minimum absolute atomic E-state index is 0.774. The molecule has 0 aliphatic carbocycles. The second-order valence-electron chi connectivity index (χ2n) is 5.22. The van der Waals surface area contributed by atoms with Crippen LogP contribution in [0.4, 0.5) is 0 Å². The highest BCUT2D eigenvalue weighted by Crippen LogP contribution is 2.23. The molecule has 18 heavy (non-hydrogen) atoms. The fourth-order valence-corrected chi connectivity index (χ4v) is 2.83. The molecular weight excluding hydrogens is 224 g/mol. The van der Waals surface area contributed by atoms with Crippen LogP contribution in [0.3, 0.4) is 0 Å². The maximum absolute atomic E-state index is 5.60. The molecule has 3 heteroatoms. The second-order valence-corrected chi connectivity index (χ2v) is 5.22. The molecule has 1 atom stereocenters. The third kappa shape index (κ3) is 3.36. The van der Waals surface area contributed by atoms with Crippen LogP contribution in [0.5, 0.6) is 0 Å². The first-order chi connectivity index (χ1) is 8.85. The topological polar surface area (TPSA) is 28.4 Å². The lowest BCUT2D eigenvalue weighted by molar-refractivity contribution is 0.238. The number of furan rings is 1. The van der Waals surface area contributed by atoms with Gasteiger partial charge in [-0.2, -0.15) is 0 Å². The van der Waals surface area contributed by atoms with Crippen molar-refractivity contribution in [3.63, 3.8) is 0 Å². The van der Waals surface area contributed by atoms with E-state index in [0.29, 0.717) is 0 Å². The number of nitrogens with zero attached hydrogens (tertiary/aromatic N) is 1. The van der Waals surface area contributed by atoms with Crippen molar-refractivity contribution in [3.8, 4) is 0 Å². The molecule has 0 saturated carbocycles. The minimum Gasteiger partial charge on any atom is -0.468 e. The van der Waals surface area contributed by atoms with E-state index in [2.05, 4.69) is 30.1 Å². The lowest BCUT2D eigenvalue weighted by Gasteiger charge is -2.23. The normalized spacial score (nSPS) is 20.7. The lowest BCUT2D eigenvalue weighted by Crippen LogP contribution is -2.28. The molecule has 0 amide bonds. The molecule has 2 rings (SSSR count). The van der Waals surface area contributed by atoms with Crippen LogP contribution in [0.1, 0.15) is 50.9 Å². The molecule has 0 aromatic carbocycles. The zero-order chi connectivity index (χ0) is 12.8. The summed E-state index contributed by atoms with van der Waals surface area (Å²) >= 11 is 0. The van der Waals surface area contributed by atoms with Crippen LogP contribution in [-0.2, 0) is 13.1 Å². The summed E-state index contributed by atoms with van der Waals surface area (Å²) in [4.78, 5) is 2.61. The fraction of sp³-hybridized carbons (Fsp3) is 0.733. The highest BCUT2D eigenvalue weighted by molar-refractivity contribution is 5.17. The molecule has 1 aromatic rings. The Labute approximate surface area is 111 Å². The molecule has 3 nitrogen and oxygen atoms in total. The molecule has 1 aliphatic heterocycles. The summed E-state index contributed by atoms with van der Waals surface area (Å²) in [6, 6.07) is 2.91. The summed E-state index contributed by atoms with van der Waals surface area (Å²) in [5.41, 5.74) is 1.36. The van der Waals surface area contributed by atoms with Gasteiger partial charge in [0.15, 0.2) is 0 Å². The Balaban J connectivity index is 1.90. The van der Waals surface area contributed by atoms with Gasteiger partial charge in [-0.3, -0.25) is 4.90 Å². The average molecular weight is 250 g/mol. The second kappa shape index (κ2) is 6.95. The Morgan fingerprint density at radius 3 is 3.11 bits per heavy atom. The van der Waals surface area contributed by atoms with Crippen LogP contribution in [0.15, 0.2) is 16.7 Å². The van der Waals surface area contributed by atoms with E-state index < -0.39 is 0 Å². The molecule has 1 aromatic heterocycles. The summed E-state index contributed by atoms with van der Waals surface area (Å²) in [5, 5.41) is 3.42. The van der Waals surface area contributed by atoms with Crippen molar-refractivity contribution in [1.29, 1.82) is 0 Å². The third-order valence-corrected chi connectivity index (χ3v) is 3.89. The van der Waals surface area contributed by atoms with Crippen LogP contribution >= 0.6 is 0 Å². The minimum atomic E-state index is 0.774. The van der Waals surface area contributed by atoms with Crippen molar-refractivity contribution in [2.45, 2.75) is 58.7 Å². The zero-order valence-electron chi connectivity index (χ0n) is 11.7. The highest BCUT2D eigenvalue weighted by Gasteiger charge is 2.23. The van der Waals surface area contributed by atoms with Gasteiger partial charge in [0.1, 0.15) is 5.76 Å². The molecule has 0 bridgehead atoms. The van der Waals surface area contributed by atoms with Crippen molar-refractivity contribution < 1.29 is 4.42 Å². The number of nitrogens with one attached hydrogen (secondary N) is 1. The molecule has 1 aliphatic rings. The summed E-state index contributed by atoms with van der Waals surface area (Å²) in [7, 11) is 0. The molecule has 0 radical (unpaired) electrons. The van der Waals surface area contributed by atoms with Crippen molar-refractivity contribution in [2.24, 2.45) is 0 Å². The van der Waals surface area contributed by atoms with E-state index in [0.717, 1.165) is 31.4 Å². The summed E-state index contributed by atoms with van der Waals surface area (Å²) in [6.07, 6.45) is 6.97. The zero-order valence-corrected chi connectivity index (χ0v) is 11.7. The van der Waals surface area contributed by atoms with Crippen LogP contribution in [0.25, 0.3) is 0 Å². The van der Waals surface area contributed by atoms with E-state index >= 15 is 0 Å². The SMILES string of the molecule is CCCNCc1occc1CN1CCCC1CC. The quantitative estimate of drug-likeness (QED) is 0.754. The van der Waals surface area contributed by atoms with Crippen LogP contribution in [0, 0.1) is 0 Å². The molecule has 0 spiro atoms. The summed E-state index contributed by atoms with van der Waals surface area (Å²) < 4.78 is 5.60. The molecule has 102 valence electrons. The van der Waals surface area contributed by atoms with Gasteiger partial charge in [0.05, 0.1) is 12.8 Å². The van der Waals surface area contributed by atoms with Gasteiger partial charge in [0.2, 0.25) is 0 Å². The predicted molar refractivity (Wildman–Crippen MR) is 74.4 cm³/mol. The fourth-order valence-electron chi connectivity index (χ4n) is 2.83. The molecule has 1 saturated heterocycles. The van der Waals surface area contributed by atoms with Crippen LogP contribution < -0.4 is 5.32 Å². The summed E-state index contributed by atoms with van der Waals surface area (Å²) in [6.45, 7) is 8.69. The van der Waals surface area contributed by atoms with Crippen LogP contribution in [0.2, 0.25) is 0 Å². The Kier molecular flexibility index (Phi) is 5.26. The first-order valence-corrected chi connectivity index (χ1v) is 7.35. The van der Waals surface area contributed by atoms with Gasteiger partial charge in [-0.15, -0.1) is 0 Å². The number of rotatable bonds is 7. The van der Waals surface area contributed by atoms with E-state index in [1.165, 1.54) is 37.8 Å². The van der Waals surface area contributed by atoms with Crippen molar-refractivity contribution >= 4 is 0 Å². The third-order valence-electron chi connectivity index (χ3n) is 3.89. The molecule has 2 heterocycles. The van der Waals surface area contributed by atoms with Gasteiger partial charge in [-0.1, -0.05) is 13.8 Å². The standard InChI is InChI=1S/C15H26N2O/c1-3-8-16-11-15-13(7-10-18-15)12-17-9-5-6-14(17)4-2/h7,10,14,16H,3-6,8-9,11-12H2,1-2H3. The Morgan fingerprint density at radius 1 is 1.44 bits per heavy atom.